The fourth-order valence-corrected chi connectivity index (χ4v) is 0.574. The van der Waals surface area contributed by atoms with Crippen molar-refractivity contribution in [2.75, 3.05) is 0 Å². The van der Waals surface area contributed by atoms with Crippen LogP contribution in [0.4, 0.5) is 0 Å². The van der Waals surface area contributed by atoms with Gasteiger partial charge < -0.3 is 0 Å². The molecule has 0 aliphatic heterocycles. The second-order valence-electron chi connectivity index (χ2n) is 1.00. The zero-order chi connectivity index (χ0) is 6.78. The quantitative estimate of drug-likeness (QED) is 0.335. The van der Waals surface area contributed by atoms with Crippen LogP contribution < -0.4 is 0 Å². The molecular formula is CH3NO5Se. The zero-order valence-corrected chi connectivity index (χ0v) is 5.61. The van der Waals surface area contributed by atoms with E-state index < -0.39 is 18.1 Å². The monoisotopic (exact) mass is 189 g/mol. The summed E-state index contributed by atoms with van der Waals surface area (Å²) in [5.41, 5.74) is 0. The molecule has 0 heterocycles. The second kappa shape index (κ2) is 2.06. The number of hydrogen-bond acceptors (Lipinski definition) is 5. The summed E-state index contributed by atoms with van der Waals surface area (Å²) in [5.74, 6) is 0.666. The first kappa shape index (κ1) is 7.32. The predicted molar refractivity (Wildman–Crippen MR) is 21.1 cm³/mol. The van der Waals surface area contributed by atoms with E-state index >= 15 is 0 Å². The van der Waals surface area contributed by atoms with Crippen LogP contribution in [0.15, 0.2) is 0 Å². The van der Waals surface area contributed by atoms with E-state index in [2.05, 4.69) is 3.92 Å². The van der Waals surface area contributed by atoms with Crippen molar-refractivity contribution in [1.82, 2.24) is 0 Å². The van der Waals surface area contributed by atoms with Gasteiger partial charge in [-0.1, -0.05) is 0 Å². The minimum absolute atomic E-state index is 0.666. The summed E-state index contributed by atoms with van der Waals surface area (Å²) >= 11 is -4.57. The molecule has 6 nitrogen and oxygen atoms in total. The van der Waals surface area contributed by atoms with E-state index in [0.29, 0.717) is 5.82 Å². The van der Waals surface area contributed by atoms with Gasteiger partial charge >= 0.3 is 45.7 Å². The molecular weight excluding hydrogens is 185 g/mol. The Bertz CT molecular complexity index is 179. The van der Waals surface area contributed by atoms with E-state index in [-0.39, 0.29) is 0 Å². The molecule has 0 aliphatic rings. The van der Waals surface area contributed by atoms with Gasteiger partial charge in [0.15, 0.2) is 0 Å². The molecule has 8 heavy (non-hydrogen) atoms. The van der Waals surface area contributed by atoms with Crippen LogP contribution in [0.2, 0.25) is 5.82 Å². The summed E-state index contributed by atoms with van der Waals surface area (Å²) < 4.78 is 22.9. The van der Waals surface area contributed by atoms with Crippen LogP contribution in [0.1, 0.15) is 0 Å². The summed E-state index contributed by atoms with van der Waals surface area (Å²) in [6.45, 7) is 0. The fraction of sp³-hybridized carbons (Fsp3) is 1.00. The topological polar surface area (TPSA) is 86.5 Å². The molecule has 0 saturated heterocycles. The molecule has 0 rings (SSSR count). The van der Waals surface area contributed by atoms with Crippen LogP contribution in [0, 0.1) is 10.1 Å². The van der Waals surface area contributed by atoms with Gasteiger partial charge in [0.05, 0.1) is 0 Å². The fourth-order valence-electron chi connectivity index (χ4n) is 0.111. The molecule has 0 aromatic carbocycles. The molecule has 7 heteroatoms. The van der Waals surface area contributed by atoms with E-state index in [1.54, 1.807) is 0 Å². The molecule has 48 valence electrons. The van der Waals surface area contributed by atoms with Gasteiger partial charge in [0, 0.05) is 0 Å². The van der Waals surface area contributed by atoms with Crippen molar-refractivity contribution in [2.24, 2.45) is 0 Å². The predicted octanol–water partition coefficient (Wildman–Crippen LogP) is -0.376. The summed E-state index contributed by atoms with van der Waals surface area (Å²) in [4.78, 5) is 9.24. The van der Waals surface area contributed by atoms with Crippen LogP contribution >= 0.6 is 0 Å². The first-order valence-corrected chi connectivity index (χ1v) is 5.27. The van der Waals surface area contributed by atoms with E-state index in [0.717, 1.165) is 0 Å². The van der Waals surface area contributed by atoms with Crippen LogP contribution in [0.5, 0.6) is 0 Å². The van der Waals surface area contributed by atoms with Gasteiger partial charge in [0.25, 0.3) is 0 Å². The first-order valence-electron chi connectivity index (χ1n) is 1.46. The molecule has 0 N–H and O–H groups in total. The zero-order valence-electron chi connectivity index (χ0n) is 3.90. The Morgan fingerprint density at radius 2 is 2.00 bits per heavy atom. The van der Waals surface area contributed by atoms with Gasteiger partial charge in [-0.3, -0.25) is 0 Å². The van der Waals surface area contributed by atoms with E-state index in [1.807, 2.05) is 0 Å². The van der Waals surface area contributed by atoms with Gasteiger partial charge in [0.2, 0.25) is 0 Å². The van der Waals surface area contributed by atoms with Gasteiger partial charge in [-0.05, 0) is 0 Å². The number of hydrogen-bond donors (Lipinski definition) is 0. The molecule has 0 saturated carbocycles. The Kier molecular flexibility index (Phi) is 1.88. The van der Waals surface area contributed by atoms with Crippen molar-refractivity contribution in [3.8, 4) is 0 Å². The third kappa shape index (κ3) is 5.32. The summed E-state index contributed by atoms with van der Waals surface area (Å²) in [6, 6.07) is 0. The Morgan fingerprint density at radius 3 is 2.00 bits per heavy atom. The van der Waals surface area contributed by atoms with Crippen LogP contribution in [0.25, 0.3) is 0 Å². The Balaban J connectivity index is 3.95. The molecule has 0 spiro atoms. The molecule has 0 bridgehead atoms. The molecule has 0 atom stereocenters. The molecule has 0 aromatic rings. The maximum atomic E-state index is 9.85. The van der Waals surface area contributed by atoms with E-state index in [4.69, 9.17) is 0 Å². The van der Waals surface area contributed by atoms with Gasteiger partial charge in [0.1, 0.15) is 0 Å². The Hall–Kier alpha value is -0.681. The molecule has 0 amide bonds. The van der Waals surface area contributed by atoms with Crippen LogP contribution in [-0.2, 0) is 11.6 Å². The molecule has 0 unspecified atom stereocenters. The van der Waals surface area contributed by atoms with Crippen LogP contribution in [-0.4, -0.2) is 18.1 Å². The van der Waals surface area contributed by atoms with Gasteiger partial charge in [-0.25, -0.2) is 0 Å². The summed E-state index contributed by atoms with van der Waals surface area (Å²) in [7, 11) is 0. The molecule has 0 fully saturated rings. The third-order valence-corrected chi connectivity index (χ3v) is 1.02. The average Bonchev–Trinajstić information content (AvgIpc) is 1.21. The van der Waals surface area contributed by atoms with Crippen LogP contribution in [0.3, 0.4) is 0 Å². The first-order chi connectivity index (χ1) is 3.42. The minimum atomic E-state index is -4.57. The summed E-state index contributed by atoms with van der Waals surface area (Å²) in [6.07, 6.45) is 0. The Labute approximate surface area is 46.5 Å². The third-order valence-electron chi connectivity index (χ3n) is 0.196. The van der Waals surface area contributed by atoms with Crippen molar-refractivity contribution >= 4 is 13.0 Å². The van der Waals surface area contributed by atoms with Crippen molar-refractivity contribution in [2.45, 2.75) is 5.82 Å². The summed E-state index contributed by atoms with van der Waals surface area (Å²) in [5, 5.41) is 7.89. The number of nitrogens with zero attached hydrogens (tertiary/aromatic N) is 1. The average molecular weight is 188 g/mol. The van der Waals surface area contributed by atoms with E-state index in [9.17, 15) is 17.8 Å². The molecule has 0 aromatic heterocycles. The van der Waals surface area contributed by atoms with E-state index in [1.165, 1.54) is 0 Å². The number of rotatable bonds is 2. The Morgan fingerprint density at radius 1 is 1.62 bits per heavy atom. The normalized spacial score (nSPS) is 10.6. The standard InChI is InChI=1S/CH3NO5Se/c1-8(5,6)7-2(3)4/h1H3. The molecule has 0 radical (unpaired) electrons. The van der Waals surface area contributed by atoms with Crippen molar-refractivity contribution in [3.05, 3.63) is 10.1 Å². The van der Waals surface area contributed by atoms with Crippen molar-refractivity contribution in [3.63, 3.8) is 0 Å². The molecule has 0 aliphatic carbocycles. The van der Waals surface area contributed by atoms with Crippen molar-refractivity contribution in [1.29, 1.82) is 0 Å². The van der Waals surface area contributed by atoms with Gasteiger partial charge in [-0.2, -0.15) is 0 Å². The van der Waals surface area contributed by atoms with Gasteiger partial charge in [-0.15, -0.1) is 0 Å². The maximum absolute atomic E-state index is 9.85. The SMILES string of the molecule is C[Se](=O)(=O)O[N+](=O)[O-]. The second-order valence-corrected chi connectivity index (χ2v) is 4.27. The van der Waals surface area contributed by atoms with Crippen molar-refractivity contribution < 1.29 is 16.7 Å².